The summed E-state index contributed by atoms with van der Waals surface area (Å²) in [6.45, 7) is 0. The Labute approximate surface area is 315 Å². The van der Waals surface area contributed by atoms with Gasteiger partial charge in [0.15, 0.2) is 0 Å². The average Bonchev–Trinajstić information content (AvgIpc) is 3.59. The lowest BCUT2D eigenvalue weighted by Crippen LogP contribution is -2.11. The normalized spacial score (nSPS) is 11.3. The maximum Gasteiger partial charge on any atom is 0.0562 e. The summed E-state index contributed by atoms with van der Waals surface area (Å²) in [6.07, 6.45) is 0. The van der Waals surface area contributed by atoms with E-state index in [9.17, 15) is 0 Å². The number of nitrogens with zero attached hydrogens (tertiary/aromatic N) is 2. The molecule has 0 atom stereocenters. The molecule has 0 aliphatic heterocycles. The van der Waals surface area contributed by atoms with E-state index in [0.29, 0.717) is 0 Å². The van der Waals surface area contributed by atoms with Crippen molar-refractivity contribution in [3.63, 3.8) is 0 Å². The maximum atomic E-state index is 2.46. The standard InChI is InChI=1S/C52H36N2/c1-3-17-37(18-4-1)38-33-35-41(36-34-38)53(47-28-12-9-24-43(47)40-19-5-2-6-20-40)50-31-16-32-51-52(50)46-26-11-14-30-49(46)54(51)48-29-13-10-25-45(48)44-27-15-22-39-21-7-8-23-42(39)44/h1-36H. The number of hydrogen-bond donors (Lipinski definition) is 0. The molecule has 0 radical (unpaired) electrons. The van der Waals surface area contributed by atoms with Gasteiger partial charge in [-0.2, -0.15) is 0 Å². The van der Waals surface area contributed by atoms with Crippen LogP contribution in [-0.2, 0) is 0 Å². The molecule has 0 unspecified atom stereocenters. The molecule has 0 saturated heterocycles. The van der Waals surface area contributed by atoms with Gasteiger partial charge in [0.05, 0.1) is 28.1 Å². The van der Waals surface area contributed by atoms with E-state index in [1.165, 1.54) is 60.4 Å². The molecule has 0 spiro atoms. The monoisotopic (exact) mass is 688 g/mol. The van der Waals surface area contributed by atoms with Crippen LogP contribution in [0.1, 0.15) is 0 Å². The van der Waals surface area contributed by atoms with Crippen molar-refractivity contribution in [1.82, 2.24) is 4.57 Å². The van der Waals surface area contributed by atoms with E-state index in [2.05, 4.69) is 228 Å². The highest BCUT2D eigenvalue weighted by atomic mass is 15.2. The topological polar surface area (TPSA) is 8.17 Å². The molecule has 0 bridgehead atoms. The van der Waals surface area contributed by atoms with E-state index in [1.807, 2.05) is 0 Å². The SMILES string of the molecule is c1ccc(-c2ccc(N(c3ccccc3-c3ccccc3)c3cccc4c3c3ccccc3n4-c3ccccc3-c3cccc4ccccc34)cc2)cc1. The number of rotatable bonds is 7. The van der Waals surface area contributed by atoms with Crippen LogP contribution in [0, 0.1) is 0 Å². The third-order valence-corrected chi connectivity index (χ3v) is 10.6. The molecule has 1 aromatic heterocycles. The summed E-state index contributed by atoms with van der Waals surface area (Å²) in [6, 6.07) is 78.9. The van der Waals surface area contributed by atoms with Crippen molar-refractivity contribution in [1.29, 1.82) is 0 Å². The Balaban J connectivity index is 1.25. The van der Waals surface area contributed by atoms with Crippen molar-refractivity contribution < 1.29 is 0 Å². The van der Waals surface area contributed by atoms with Crippen molar-refractivity contribution in [2.45, 2.75) is 0 Å². The first-order valence-corrected chi connectivity index (χ1v) is 18.5. The highest BCUT2D eigenvalue weighted by molar-refractivity contribution is 6.17. The fraction of sp³-hybridized carbons (Fsp3) is 0. The minimum atomic E-state index is 1.10. The number of aromatic nitrogens is 1. The summed E-state index contributed by atoms with van der Waals surface area (Å²) in [5.74, 6) is 0. The number of fused-ring (bicyclic) bond motifs is 4. The molecule has 0 N–H and O–H groups in total. The zero-order valence-electron chi connectivity index (χ0n) is 29.7. The predicted molar refractivity (Wildman–Crippen MR) is 229 cm³/mol. The van der Waals surface area contributed by atoms with Gasteiger partial charge in [-0.05, 0) is 75.5 Å². The molecule has 1 heterocycles. The van der Waals surface area contributed by atoms with E-state index in [1.54, 1.807) is 0 Å². The van der Waals surface area contributed by atoms with Crippen LogP contribution < -0.4 is 4.90 Å². The third kappa shape index (κ3) is 5.36. The van der Waals surface area contributed by atoms with Crippen LogP contribution >= 0.6 is 0 Å². The molecule has 0 aliphatic rings. The van der Waals surface area contributed by atoms with E-state index in [-0.39, 0.29) is 0 Å². The van der Waals surface area contributed by atoms with Gasteiger partial charge in [0.1, 0.15) is 0 Å². The van der Waals surface area contributed by atoms with Gasteiger partial charge in [-0.15, -0.1) is 0 Å². The highest BCUT2D eigenvalue weighted by Gasteiger charge is 2.24. The predicted octanol–water partition coefficient (Wildman–Crippen LogP) is 14.4. The van der Waals surface area contributed by atoms with E-state index >= 15 is 0 Å². The van der Waals surface area contributed by atoms with Gasteiger partial charge in [-0.25, -0.2) is 0 Å². The summed E-state index contributed by atoms with van der Waals surface area (Å²) in [7, 11) is 0. The number of hydrogen-bond acceptors (Lipinski definition) is 1. The second-order valence-electron chi connectivity index (χ2n) is 13.7. The Morgan fingerprint density at radius 3 is 1.67 bits per heavy atom. The maximum absolute atomic E-state index is 2.46. The van der Waals surface area contributed by atoms with E-state index in [4.69, 9.17) is 0 Å². The highest BCUT2D eigenvalue weighted by Crippen LogP contribution is 2.47. The Bertz CT molecular complexity index is 2920. The van der Waals surface area contributed by atoms with Crippen molar-refractivity contribution in [2.24, 2.45) is 0 Å². The number of benzene rings is 9. The van der Waals surface area contributed by atoms with Crippen molar-refractivity contribution in [3.8, 4) is 39.1 Å². The molecule has 2 heteroatoms. The van der Waals surface area contributed by atoms with Crippen molar-refractivity contribution in [3.05, 3.63) is 218 Å². The minimum absolute atomic E-state index is 1.10. The summed E-state index contributed by atoms with van der Waals surface area (Å²) in [4.78, 5) is 2.45. The molecule has 10 aromatic rings. The van der Waals surface area contributed by atoms with E-state index in [0.717, 1.165) is 28.3 Å². The van der Waals surface area contributed by atoms with Gasteiger partial charge in [-0.3, -0.25) is 0 Å². The summed E-state index contributed by atoms with van der Waals surface area (Å²) < 4.78 is 2.46. The van der Waals surface area contributed by atoms with Gasteiger partial charge in [0.25, 0.3) is 0 Å². The second kappa shape index (κ2) is 13.4. The molecule has 0 amide bonds. The fourth-order valence-electron chi connectivity index (χ4n) is 8.17. The molecule has 0 fully saturated rings. The minimum Gasteiger partial charge on any atom is -0.309 e. The summed E-state index contributed by atoms with van der Waals surface area (Å²) >= 11 is 0. The number of anilines is 3. The molecule has 0 saturated carbocycles. The van der Waals surface area contributed by atoms with Crippen LogP contribution in [0.3, 0.4) is 0 Å². The third-order valence-electron chi connectivity index (χ3n) is 10.6. The fourth-order valence-corrected chi connectivity index (χ4v) is 8.17. The van der Waals surface area contributed by atoms with Gasteiger partial charge in [0.2, 0.25) is 0 Å². The second-order valence-corrected chi connectivity index (χ2v) is 13.7. The molecule has 9 aromatic carbocycles. The Hall–Kier alpha value is -7.16. The summed E-state index contributed by atoms with van der Waals surface area (Å²) in [5.41, 5.74) is 14.0. The lowest BCUT2D eigenvalue weighted by molar-refractivity contribution is 1.18. The first kappa shape index (κ1) is 31.6. The van der Waals surface area contributed by atoms with Crippen LogP contribution in [0.15, 0.2) is 218 Å². The van der Waals surface area contributed by atoms with E-state index < -0.39 is 0 Å². The van der Waals surface area contributed by atoms with Crippen LogP contribution in [0.25, 0.3) is 71.6 Å². The molecule has 0 aliphatic carbocycles. The largest absolute Gasteiger partial charge is 0.309 e. The van der Waals surface area contributed by atoms with Gasteiger partial charge < -0.3 is 9.47 Å². The molecule has 10 rings (SSSR count). The average molecular weight is 689 g/mol. The van der Waals surface area contributed by atoms with Crippen LogP contribution in [-0.4, -0.2) is 4.57 Å². The quantitative estimate of drug-likeness (QED) is 0.162. The van der Waals surface area contributed by atoms with Gasteiger partial charge in [-0.1, -0.05) is 176 Å². The Morgan fingerprint density at radius 2 is 0.852 bits per heavy atom. The lowest BCUT2D eigenvalue weighted by atomic mass is 9.97. The van der Waals surface area contributed by atoms with Crippen molar-refractivity contribution in [2.75, 3.05) is 4.90 Å². The molecule has 254 valence electrons. The van der Waals surface area contributed by atoms with Gasteiger partial charge >= 0.3 is 0 Å². The molecular weight excluding hydrogens is 653 g/mol. The molecular formula is C52H36N2. The number of para-hydroxylation sites is 3. The van der Waals surface area contributed by atoms with Crippen LogP contribution in [0.2, 0.25) is 0 Å². The van der Waals surface area contributed by atoms with Crippen molar-refractivity contribution >= 4 is 49.6 Å². The molecule has 54 heavy (non-hydrogen) atoms. The summed E-state index contributed by atoms with van der Waals surface area (Å²) in [5, 5.41) is 4.90. The first-order chi connectivity index (χ1) is 26.8. The van der Waals surface area contributed by atoms with Crippen LogP contribution in [0.5, 0.6) is 0 Å². The van der Waals surface area contributed by atoms with Crippen LogP contribution in [0.4, 0.5) is 17.1 Å². The lowest BCUT2D eigenvalue weighted by Gasteiger charge is -2.29. The first-order valence-electron chi connectivity index (χ1n) is 18.5. The smallest absolute Gasteiger partial charge is 0.0562 e. The van der Waals surface area contributed by atoms with Gasteiger partial charge in [0, 0.05) is 27.6 Å². The molecule has 2 nitrogen and oxygen atoms in total. The Morgan fingerprint density at radius 1 is 0.315 bits per heavy atom. The zero-order chi connectivity index (χ0) is 35.8. The zero-order valence-corrected chi connectivity index (χ0v) is 29.7. The Kier molecular flexibility index (Phi) is 7.85.